The van der Waals surface area contributed by atoms with Crippen LogP contribution in [-0.4, -0.2) is 53.1 Å². The quantitative estimate of drug-likeness (QED) is 0.545. The molecule has 2 aromatic carbocycles. The van der Waals surface area contributed by atoms with E-state index in [-0.39, 0.29) is 17.0 Å². The number of hydrogen-bond acceptors (Lipinski definition) is 5. The lowest BCUT2D eigenvalue weighted by Crippen LogP contribution is -2.43. The predicted octanol–water partition coefficient (Wildman–Crippen LogP) is 3.89. The Bertz CT molecular complexity index is 1060. The van der Waals surface area contributed by atoms with E-state index in [1.54, 1.807) is 24.3 Å². The third-order valence-electron chi connectivity index (χ3n) is 5.42. The maximum atomic E-state index is 12.9. The smallest absolute Gasteiger partial charge is 0.317 e. The fourth-order valence-electron chi connectivity index (χ4n) is 3.56. The van der Waals surface area contributed by atoms with Gasteiger partial charge in [-0.15, -0.1) is 0 Å². The van der Waals surface area contributed by atoms with Crippen LogP contribution in [0.5, 0.6) is 5.75 Å². The highest BCUT2D eigenvalue weighted by Gasteiger charge is 2.28. The van der Waals surface area contributed by atoms with Gasteiger partial charge in [-0.05, 0) is 80.6 Å². The summed E-state index contributed by atoms with van der Waals surface area (Å²) in [5, 5.41) is 2.98. The first kappa shape index (κ1) is 24.7. The van der Waals surface area contributed by atoms with Crippen molar-refractivity contribution in [3.8, 4) is 5.75 Å². The molecule has 1 aliphatic carbocycles. The summed E-state index contributed by atoms with van der Waals surface area (Å²) >= 11 is 0. The Hall–Kier alpha value is -2.94. The summed E-state index contributed by atoms with van der Waals surface area (Å²) < 4.78 is 33.6. The van der Waals surface area contributed by atoms with Crippen molar-refractivity contribution in [3.05, 3.63) is 48.0 Å². The number of sulfonamides is 1. The molecule has 2 N–H and O–H groups in total. The minimum absolute atomic E-state index is 0.0372. The zero-order valence-corrected chi connectivity index (χ0v) is 20.8. The Morgan fingerprint density at radius 3 is 2.33 bits per heavy atom. The third kappa shape index (κ3) is 6.77. The molecule has 0 unspecified atom stereocenters. The summed E-state index contributed by atoms with van der Waals surface area (Å²) in [6, 6.07) is 11.6. The van der Waals surface area contributed by atoms with Crippen molar-refractivity contribution >= 4 is 27.4 Å². The molecule has 1 aliphatic rings. The van der Waals surface area contributed by atoms with Crippen LogP contribution in [0.4, 0.5) is 16.2 Å². The molecule has 2 amide bonds. The molecule has 0 radical (unpaired) electrons. The van der Waals surface area contributed by atoms with E-state index in [1.807, 2.05) is 43.8 Å². The van der Waals surface area contributed by atoms with Crippen molar-refractivity contribution in [2.75, 3.05) is 37.4 Å². The van der Waals surface area contributed by atoms with Crippen LogP contribution in [-0.2, 0) is 16.6 Å². The number of ether oxygens (including phenoxy) is 1. The lowest BCUT2D eigenvalue weighted by Gasteiger charge is -2.27. The van der Waals surface area contributed by atoms with Crippen LogP contribution in [0.25, 0.3) is 0 Å². The van der Waals surface area contributed by atoms with Gasteiger partial charge < -0.3 is 19.9 Å². The minimum atomic E-state index is -3.77. The van der Waals surface area contributed by atoms with Crippen molar-refractivity contribution < 1.29 is 17.9 Å². The first-order chi connectivity index (χ1) is 15.6. The molecule has 1 saturated carbocycles. The van der Waals surface area contributed by atoms with Gasteiger partial charge in [-0.25, -0.2) is 13.2 Å². The van der Waals surface area contributed by atoms with Gasteiger partial charge in [-0.2, -0.15) is 0 Å². The monoisotopic (exact) mass is 474 g/mol. The molecule has 0 aliphatic heterocycles. The van der Waals surface area contributed by atoms with Crippen molar-refractivity contribution in [3.63, 3.8) is 0 Å². The fraction of sp³-hybridized carbons (Fsp3) is 0.458. The molecule has 2 aromatic rings. The first-order valence-electron chi connectivity index (χ1n) is 11.1. The molecule has 0 aromatic heterocycles. The van der Waals surface area contributed by atoms with Gasteiger partial charge in [0.15, 0.2) is 0 Å². The number of hydrogen-bond donors (Lipinski definition) is 2. The van der Waals surface area contributed by atoms with Gasteiger partial charge in [0.1, 0.15) is 5.75 Å². The molecule has 0 atom stereocenters. The van der Waals surface area contributed by atoms with Crippen LogP contribution in [0.3, 0.4) is 0 Å². The van der Waals surface area contributed by atoms with E-state index in [2.05, 4.69) is 10.0 Å². The molecule has 1 fully saturated rings. The van der Waals surface area contributed by atoms with Crippen molar-refractivity contribution in [2.24, 2.45) is 5.92 Å². The van der Waals surface area contributed by atoms with Gasteiger partial charge in [0.05, 0.1) is 12.0 Å². The summed E-state index contributed by atoms with van der Waals surface area (Å²) in [5.41, 5.74) is 2.25. The van der Waals surface area contributed by atoms with E-state index in [4.69, 9.17) is 4.74 Å². The molecular formula is C24H34N4O4S. The Labute approximate surface area is 197 Å². The number of methoxy groups -OCH3 is 1. The van der Waals surface area contributed by atoms with E-state index in [1.165, 1.54) is 19.2 Å². The van der Waals surface area contributed by atoms with Crippen LogP contribution in [0.15, 0.2) is 47.4 Å². The zero-order chi connectivity index (χ0) is 24.2. The second-order valence-electron chi connectivity index (χ2n) is 8.95. The zero-order valence-electron chi connectivity index (χ0n) is 20.0. The lowest BCUT2D eigenvalue weighted by atomic mass is 10.1. The normalized spacial score (nSPS) is 13.5. The fourth-order valence-corrected chi connectivity index (χ4v) is 4.61. The highest BCUT2D eigenvalue weighted by Crippen LogP contribution is 2.32. The third-order valence-corrected chi connectivity index (χ3v) is 6.82. The van der Waals surface area contributed by atoms with E-state index in [0.717, 1.165) is 24.1 Å². The lowest BCUT2D eigenvalue weighted by molar-refractivity contribution is 0.190. The molecule has 33 heavy (non-hydrogen) atoms. The summed E-state index contributed by atoms with van der Waals surface area (Å²) in [7, 11) is 1.62. The number of nitrogens with zero attached hydrogens (tertiary/aromatic N) is 2. The summed E-state index contributed by atoms with van der Waals surface area (Å²) in [6.45, 7) is 4.95. The molecule has 0 saturated heterocycles. The van der Waals surface area contributed by atoms with Crippen LogP contribution in [0.1, 0.15) is 32.3 Å². The number of anilines is 2. The van der Waals surface area contributed by atoms with Crippen LogP contribution >= 0.6 is 0 Å². The average Bonchev–Trinajstić information content (AvgIpc) is 3.56. The Balaban J connectivity index is 1.86. The number of rotatable bonds is 10. The standard InChI is InChI=1S/C24H34N4O4S/c1-17(2)25-24(29)28(15-18-6-7-18)16-19-14-20(8-13-23(19)27(3)4)26-33(30,31)22-11-9-21(32-5)10-12-22/h8-14,17-18,26H,6-7,15-16H2,1-5H3,(H,25,29). The van der Waals surface area contributed by atoms with Crippen molar-refractivity contribution in [1.29, 1.82) is 0 Å². The maximum absolute atomic E-state index is 12.9. The largest absolute Gasteiger partial charge is 0.497 e. The number of benzene rings is 2. The van der Waals surface area contributed by atoms with E-state index in [0.29, 0.717) is 30.4 Å². The molecular weight excluding hydrogens is 440 g/mol. The van der Waals surface area contributed by atoms with Crippen LogP contribution in [0, 0.1) is 5.92 Å². The molecule has 0 bridgehead atoms. The van der Waals surface area contributed by atoms with Crippen LogP contribution < -0.4 is 19.7 Å². The number of urea groups is 1. The Kier molecular flexibility index (Phi) is 7.73. The molecule has 3 rings (SSSR count). The topological polar surface area (TPSA) is 91.0 Å². The van der Waals surface area contributed by atoms with Gasteiger partial charge in [0.25, 0.3) is 10.0 Å². The van der Waals surface area contributed by atoms with Gasteiger partial charge in [0.2, 0.25) is 0 Å². The van der Waals surface area contributed by atoms with Gasteiger partial charge in [-0.3, -0.25) is 4.72 Å². The number of amides is 2. The SMILES string of the molecule is COc1ccc(S(=O)(=O)Nc2ccc(N(C)C)c(CN(CC3CC3)C(=O)NC(C)C)c2)cc1. The summed E-state index contributed by atoms with van der Waals surface area (Å²) in [4.78, 5) is 16.8. The van der Waals surface area contributed by atoms with Gasteiger partial charge in [0, 0.05) is 44.6 Å². The van der Waals surface area contributed by atoms with Crippen molar-refractivity contribution in [1.82, 2.24) is 10.2 Å². The number of carbonyl (C=O) groups excluding carboxylic acids is 1. The second-order valence-corrected chi connectivity index (χ2v) is 10.6. The average molecular weight is 475 g/mol. The van der Waals surface area contributed by atoms with E-state index in [9.17, 15) is 13.2 Å². The summed E-state index contributed by atoms with van der Waals surface area (Å²) in [5.74, 6) is 1.12. The second kappa shape index (κ2) is 10.3. The number of carbonyl (C=O) groups is 1. The number of nitrogens with one attached hydrogen (secondary N) is 2. The maximum Gasteiger partial charge on any atom is 0.317 e. The first-order valence-corrected chi connectivity index (χ1v) is 12.6. The van der Waals surface area contributed by atoms with Crippen LogP contribution in [0.2, 0.25) is 0 Å². The Morgan fingerprint density at radius 2 is 1.79 bits per heavy atom. The van der Waals surface area contributed by atoms with Gasteiger partial charge >= 0.3 is 6.03 Å². The van der Waals surface area contributed by atoms with E-state index >= 15 is 0 Å². The highest BCUT2D eigenvalue weighted by molar-refractivity contribution is 7.92. The van der Waals surface area contributed by atoms with Gasteiger partial charge in [-0.1, -0.05) is 0 Å². The molecule has 0 heterocycles. The molecule has 0 spiro atoms. The van der Waals surface area contributed by atoms with E-state index < -0.39 is 10.0 Å². The summed E-state index contributed by atoms with van der Waals surface area (Å²) in [6.07, 6.45) is 2.27. The predicted molar refractivity (Wildman–Crippen MR) is 131 cm³/mol. The molecule has 8 nitrogen and oxygen atoms in total. The Morgan fingerprint density at radius 1 is 1.12 bits per heavy atom. The molecule has 9 heteroatoms. The van der Waals surface area contributed by atoms with Crippen molar-refractivity contribution in [2.45, 2.75) is 44.2 Å². The minimum Gasteiger partial charge on any atom is -0.497 e. The molecule has 180 valence electrons. The highest BCUT2D eigenvalue weighted by atomic mass is 32.2.